The Morgan fingerprint density at radius 3 is 1.22 bits per heavy atom. The molecule has 0 saturated heterocycles. The molecule has 0 spiro atoms. The van der Waals surface area contributed by atoms with E-state index in [1.807, 2.05) is 100 Å². The third-order valence-electron chi connectivity index (χ3n) is 15.7. The van der Waals surface area contributed by atoms with Crippen molar-refractivity contribution in [1.29, 1.82) is 0 Å². The van der Waals surface area contributed by atoms with E-state index in [2.05, 4.69) is 67.2 Å². The molecule has 6 aromatic carbocycles. The number of hydrogen-bond acceptors (Lipinski definition) is 7. The molecule has 1 fully saturated rings. The molecule has 1 saturated carbocycles. The summed E-state index contributed by atoms with van der Waals surface area (Å²) in [5, 5.41) is 73.6. The highest BCUT2D eigenvalue weighted by Gasteiger charge is 2.36. The first-order valence-electron chi connectivity index (χ1n) is 26.5. The zero-order chi connectivity index (χ0) is 54.3. The first-order chi connectivity index (χ1) is 34.9. The summed E-state index contributed by atoms with van der Waals surface area (Å²) < 4.78 is 0. The fourth-order valence-corrected chi connectivity index (χ4v) is 11.3. The molecule has 0 aromatic heterocycles. The van der Waals surface area contributed by atoms with Gasteiger partial charge in [0.2, 0.25) is 0 Å². The molecule has 7 rings (SSSR count). The molecule has 1 aliphatic rings. The van der Waals surface area contributed by atoms with Gasteiger partial charge in [0.25, 0.3) is 0 Å². The van der Waals surface area contributed by atoms with Gasteiger partial charge in [0.1, 0.15) is 40.3 Å². The van der Waals surface area contributed by atoms with Crippen molar-refractivity contribution >= 4 is 0 Å². The third kappa shape index (κ3) is 13.1. The van der Waals surface area contributed by atoms with E-state index in [4.69, 9.17) is 0 Å². The molecular weight excluding hydrogens is 917 g/mol. The van der Waals surface area contributed by atoms with Crippen molar-refractivity contribution in [3.8, 4) is 34.5 Å². The van der Waals surface area contributed by atoms with E-state index in [1.165, 1.54) is 37.7 Å². The summed E-state index contributed by atoms with van der Waals surface area (Å²) in [6, 6.07) is 25.1. The molecule has 6 aromatic rings. The van der Waals surface area contributed by atoms with Crippen molar-refractivity contribution in [1.82, 2.24) is 0 Å². The summed E-state index contributed by atoms with van der Waals surface area (Å²) in [4.78, 5) is 0. The lowest BCUT2D eigenvalue weighted by molar-refractivity contribution is 0.419. The lowest BCUT2D eigenvalue weighted by Crippen LogP contribution is -2.30. The Morgan fingerprint density at radius 2 is 0.838 bits per heavy atom. The van der Waals surface area contributed by atoms with Gasteiger partial charge < -0.3 is 35.7 Å². The number of allylic oxidation sites excluding steroid dienone is 4. The van der Waals surface area contributed by atoms with Gasteiger partial charge in [0.05, 0.1) is 0 Å². The molecule has 7 N–H and O–H groups in total. The zero-order valence-electron chi connectivity index (χ0n) is 46.3. The fraction of sp³-hybridized carbons (Fsp3) is 0.373. The topological polar surface area (TPSA) is 142 Å². The number of phenolic OH excluding ortho intramolecular Hbond substituents is 6. The SMILES string of the molecule is C=C(C)C(O)=C(C)C=CCc1cc(C2CCCCC2)cc(Cc2cc(C)c(O)c(C)c2)c1O.Cc1cc(CCC(CCc2cc(C)c(O)c(C)c2)(c2cc(C)c(O)c(C)c2)c2cc(C)c(O)c(C)c2)cc(C)c1O. The van der Waals surface area contributed by atoms with Crippen LogP contribution in [0.5, 0.6) is 34.5 Å². The van der Waals surface area contributed by atoms with Crippen LogP contribution in [-0.4, -0.2) is 35.7 Å². The van der Waals surface area contributed by atoms with E-state index < -0.39 is 5.41 Å². The number of hydrogen-bond donors (Lipinski definition) is 7. The molecule has 0 unspecified atom stereocenters. The van der Waals surface area contributed by atoms with E-state index in [-0.39, 0.29) is 5.76 Å². The summed E-state index contributed by atoms with van der Waals surface area (Å²) in [5.74, 6) is 2.74. The molecule has 0 heterocycles. The second kappa shape index (κ2) is 24.0. The fourth-order valence-electron chi connectivity index (χ4n) is 11.3. The number of benzene rings is 6. The Balaban J connectivity index is 0.000000247. The number of phenols is 6. The molecule has 0 aliphatic heterocycles. The minimum atomic E-state index is -0.439. The van der Waals surface area contributed by atoms with Crippen LogP contribution in [0, 0.1) is 69.2 Å². The number of aryl methyl sites for hydroxylation is 12. The highest BCUT2D eigenvalue weighted by molar-refractivity contribution is 5.54. The maximum atomic E-state index is 11.2. The van der Waals surface area contributed by atoms with Crippen LogP contribution in [0.1, 0.15) is 165 Å². The van der Waals surface area contributed by atoms with E-state index in [9.17, 15) is 35.7 Å². The highest BCUT2D eigenvalue weighted by atomic mass is 16.3. The van der Waals surface area contributed by atoms with Gasteiger partial charge in [0.15, 0.2) is 0 Å². The largest absolute Gasteiger partial charge is 0.507 e. The Bertz CT molecular complexity index is 2870. The Kier molecular flexibility index (Phi) is 18.3. The second-order valence-electron chi connectivity index (χ2n) is 21.9. The van der Waals surface area contributed by atoms with Crippen molar-refractivity contribution in [2.24, 2.45) is 0 Å². The van der Waals surface area contributed by atoms with Crippen LogP contribution in [0.25, 0.3) is 0 Å². The first-order valence-corrected chi connectivity index (χ1v) is 26.5. The lowest BCUT2D eigenvalue weighted by Gasteiger charge is -2.37. The van der Waals surface area contributed by atoms with E-state index in [0.717, 1.165) is 126 Å². The molecule has 0 atom stereocenters. The van der Waals surface area contributed by atoms with Gasteiger partial charge in [-0.25, -0.2) is 0 Å². The molecule has 7 heteroatoms. The second-order valence-corrected chi connectivity index (χ2v) is 21.9. The molecule has 1 aliphatic carbocycles. The van der Waals surface area contributed by atoms with Crippen LogP contribution >= 0.6 is 0 Å². The van der Waals surface area contributed by atoms with Crippen LogP contribution in [0.3, 0.4) is 0 Å². The van der Waals surface area contributed by atoms with Gasteiger partial charge in [-0.3, -0.25) is 0 Å². The minimum absolute atomic E-state index is 0.213. The van der Waals surface area contributed by atoms with Gasteiger partial charge in [-0.1, -0.05) is 111 Å². The predicted molar refractivity (Wildman–Crippen MR) is 305 cm³/mol. The number of aromatic hydroxyl groups is 6. The Morgan fingerprint density at radius 1 is 0.486 bits per heavy atom. The Hall–Kier alpha value is -6.86. The zero-order valence-corrected chi connectivity index (χ0v) is 46.3. The molecule has 392 valence electrons. The quantitative estimate of drug-likeness (QED) is 0.0401. The summed E-state index contributed by atoms with van der Waals surface area (Å²) in [5.41, 5.74) is 18.4. The van der Waals surface area contributed by atoms with E-state index in [0.29, 0.717) is 58.8 Å². The molecular formula is C67H82O7. The van der Waals surface area contributed by atoms with Crippen molar-refractivity contribution in [2.45, 2.75) is 165 Å². The van der Waals surface area contributed by atoms with Crippen LogP contribution in [0.4, 0.5) is 0 Å². The standard InChI is InChI=1S/C37H44O4.C30H38O3/c1-21-13-29(14-22(2)33(21)38)9-11-37(31-17-25(5)35(40)26(6)18-31,32-19-27(7)36(41)28(8)20-32)12-10-30-15-23(3)34(39)24(4)16-30;1-19(2)28(31)20(3)10-9-13-25-17-26(24-11-7-6-8-12-24)18-27(30(25)33)16-23-14-21(4)29(32)22(5)15-23/h13-20,38-41H,9-12H2,1-8H3;9-10,14-15,17-18,24,31-33H,1,6-8,11-13,16H2,2-5H3. The Labute approximate surface area is 442 Å². The van der Waals surface area contributed by atoms with Crippen LogP contribution in [0.15, 0.2) is 108 Å². The smallest absolute Gasteiger partial charge is 0.122 e. The average Bonchev–Trinajstić information content (AvgIpc) is 3.35. The van der Waals surface area contributed by atoms with Crippen LogP contribution in [0.2, 0.25) is 0 Å². The van der Waals surface area contributed by atoms with Crippen LogP contribution < -0.4 is 0 Å². The first kappa shape index (κ1) is 56.4. The lowest BCUT2D eigenvalue weighted by atomic mass is 9.66. The van der Waals surface area contributed by atoms with Crippen molar-refractivity contribution in [2.75, 3.05) is 0 Å². The van der Waals surface area contributed by atoms with Crippen LogP contribution in [-0.2, 0) is 31.1 Å². The summed E-state index contributed by atoms with van der Waals surface area (Å²) in [6.45, 7) is 26.8. The molecule has 7 nitrogen and oxygen atoms in total. The summed E-state index contributed by atoms with van der Waals surface area (Å²) in [7, 11) is 0. The molecule has 0 amide bonds. The normalized spacial score (nSPS) is 13.5. The molecule has 74 heavy (non-hydrogen) atoms. The van der Waals surface area contributed by atoms with Crippen molar-refractivity contribution in [3.63, 3.8) is 0 Å². The van der Waals surface area contributed by atoms with Gasteiger partial charge in [-0.15, -0.1) is 0 Å². The van der Waals surface area contributed by atoms with Gasteiger partial charge in [-0.2, -0.15) is 0 Å². The molecule has 0 bridgehead atoms. The summed E-state index contributed by atoms with van der Waals surface area (Å²) in [6.07, 6.45) is 14.5. The number of aliphatic hydroxyl groups is 1. The number of rotatable bonds is 15. The van der Waals surface area contributed by atoms with E-state index >= 15 is 0 Å². The predicted octanol–water partition coefficient (Wildman–Crippen LogP) is 16.4. The number of aliphatic hydroxyl groups excluding tert-OH is 1. The average molecular weight is 999 g/mol. The highest BCUT2D eigenvalue weighted by Crippen LogP contribution is 2.46. The van der Waals surface area contributed by atoms with Crippen molar-refractivity contribution in [3.05, 3.63) is 209 Å². The van der Waals surface area contributed by atoms with Gasteiger partial charge >= 0.3 is 0 Å². The molecule has 0 radical (unpaired) electrons. The summed E-state index contributed by atoms with van der Waals surface area (Å²) >= 11 is 0. The third-order valence-corrected chi connectivity index (χ3v) is 15.7. The van der Waals surface area contributed by atoms with E-state index in [1.54, 1.807) is 6.92 Å². The van der Waals surface area contributed by atoms with Gasteiger partial charge in [0, 0.05) is 11.8 Å². The minimum Gasteiger partial charge on any atom is -0.507 e. The monoisotopic (exact) mass is 999 g/mol. The van der Waals surface area contributed by atoms with Gasteiger partial charge in [-0.05, 0) is 245 Å². The maximum absolute atomic E-state index is 11.2. The van der Waals surface area contributed by atoms with Crippen molar-refractivity contribution < 1.29 is 35.7 Å². The maximum Gasteiger partial charge on any atom is 0.122 e.